The minimum Gasteiger partial charge on any atom is -0.496 e. The first-order chi connectivity index (χ1) is 9.22. The van der Waals surface area contributed by atoms with Crippen LogP contribution in [-0.4, -0.2) is 23.9 Å². The lowest BCUT2D eigenvalue weighted by molar-refractivity contribution is 0.403. The molecular weight excluding hydrogens is 262 g/mol. The van der Waals surface area contributed by atoms with E-state index in [1.54, 1.807) is 13.3 Å². The van der Waals surface area contributed by atoms with E-state index in [0.29, 0.717) is 5.02 Å². The van der Waals surface area contributed by atoms with E-state index in [-0.39, 0.29) is 6.04 Å². The van der Waals surface area contributed by atoms with Crippen LogP contribution in [0.15, 0.2) is 30.5 Å². The van der Waals surface area contributed by atoms with E-state index in [9.17, 15) is 0 Å². The summed E-state index contributed by atoms with van der Waals surface area (Å²) < 4.78 is 7.33. The molecule has 0 saturated heterocycles. The first-order valence-corrected chi connectivity index (χ1v) is 6.62. The molecule has 1 unspecified atom stereocenters. The minimum atomic E-state index is -0.0499. The Morgan fingerprint density at radius 1 is 1.42 bits per heavy atom. The fraction of sp³-hybridized carbons (Fsp3) is 0.357. The highest BCUT2D eigenvalue weighted by Gasteiger charge is 2.22. The molecule has 0 saturated carbocycles. The Balaban J connectivity index is 2.53. The van der Waals surface area contributed by atoms with Crippen molar-refractivity contribution in [3.63, 3.8) is 0 Å². The molecule has 2 rings (SSSR count). The van der Waals surface area contributed by atoms with Gasteiger partial charge in [-0.3, -0.25) is 4.68 Å². The number of benzene rings is 1. The second kappa shape index (κ2) is 6.08. The van der Waals surface area contributed by atoms with E-state index >= 15 is 0 Å². The summed E-state index contributed by atoms with van der Waals surface area (Å²) >= 11 is 6.28. The monoisotopic (exact) mass is 279 g/mol. The topological polar surface area (TPSA) is 39.1 Å². The number of hydrogen-bond acceptors (Lipinski definition) is 3. The van der Waals surface area contributed by atoms with Gasteiger partial charge in [-0.15, -0.1) is 0 Å². The van der Waals surface area contributed by atoms with Crippen molar-refractivity contribution < 1.29 is 4.74 Å². The molecule has 1 heterocycles. The van der Waals surface area contributed by atoms with Gasteiger partial charge in [-0.25, -0.2) is 0 Å². The van der Waals surface area contributed by atoms with Crippen LogP contribution in [0, 0.1) is 0 Å². The van der Waals surface area contributed by atoms with Gasteiger partial charge in [0.15, 0.2) is 0 Å². The fourth-order valence-corrected chi connectivity index (χ4v) is 2.51. The summed E-state index contributed by atoms with van der Waals surface area (Å²) in [6, 6.07) is 7.87. The average Bonchev–Trinajstić information content (AvgIpc) is 2.82. The fourth-order valence-electron chi connectivity index (χ4n) is 2.26. The zero-order valence-electron chi connectivity index (χ0n) is 11.4. The van der Waals surface area contributed by atoms with Crippen LogP contribution in [0.1, 0.15) is 24.2 Å². The largest absolute Gasteiger partial charge is 0.496 e. The standard InChI is InChI=1S/C14H18ClN3O/c1-4-18-14(11(15)9-17-18)13(16-2)10-7-5-6-8-12(10)19-3/h5-9,13,16H,4H2,1-3H3. The first kappa shape index (κ1) is 13.9. The van der Waals surface area contributed by atoms with Gasteiger partial charge in [0, 0.05) is 12.1 Å². The maximum atomic E-state index is 6.28. The Bertz CT molecular complexity index is 553. The number of nitrogens with zero attached hydrogens (tertiary/aromatic N) is 2. The van der Waals surface area contributed by atoms with Gasteiger partial charge in [-0.05, 0) is 20.0 Å². The van der Waals surface area contributed by atoms with E-state index in [4.69, 9.17) is 16.3 Å². The molecule has 5 heteroatoms. The van der Waals surface area contributed by atoms with E-state index < -0.39 is 0 Å². The number of ether oxygens (including phenoxy) is 1. The van der Waals surface area contributed by atoms with Gasteiger partial charge in [-0.1, -0.05) is 29.8 Å². The number of halogens is 1. The van der Waals surface area contributed by atoms with E-state index in [1.165, 1.54) is 0 Å². The van der Waals surface area contributed by atoms with Gasteiger partial charge in [-0.2, -0.15) is 5.10 Å². The van der Waals surface area contributed by atoms with Gasteiger partial charge < -0.3 is 10.1 Å². The Morgan fingerprint density at radius 3 is 2.79 bits per heavy atom. The number of aryl methyl sites for hydroxylation is 1. The third-order valence-corrected chi connectivity index (χ3v) is 3.44. The summed E-state index contributed by atoms with van der Waals surface area (Å²) in [5.74, 6) is 0.835. The summed E-state index contributed by atoms with van der Waals surface area (Å²) in [6.45, 7) is 2.82. The van der Waals surface area contributed by atoms with Crippen molar-refractivity contribution in [2.75, 3.05) is 14.2 Å². The molecular formula is C14H18ClN3O. The van der Waals surface area contributed by atoms with Gasteiger partial charge >= 0.3 is 0 Å². The maximum Gasteiger partial charge on any atom is 0.124 e. The molecule has 1 atom stereocenters. The third-order valence-electron chi connectivity index (χ3n) is 3.14. The zero-order valence-corrected chi connectivity index (χ0v) is 12.1. The lowest BCUT2D eigenvalue weighted by Crippen LogP contribution is -2.22. The normalized spacial score (nSPS) is 12.4. The molecule has 0 fully saturated rings. The summed E-state index contributed by atoms with van der Waals surface area (Å²) in [5.41, 5.74) is 2.00. The zero-order chi connectivity index (χ0) is 13.8. The number of para-hydroxylation sites is 1. The highest BCUT2D eigenvalue weighted by molar-refractivity contribution is 6.31. The molecule has 0 radical (unpaired) electrons. The van der Waals surface area contributed by atoms with Crippen molar-refractivity contribution >= 4 is 11.6 Å². The number of hydrogen-bond donors (Lipinski definition) is 1. The first-order valence-electron chi connectivity index (χ1n) is 6.24. The van der Waals surface area contributed by atoms with Crippen molar-refractivity contribution in [1.29, 1.82) is 0 Å². The Hall–Kier alpha value is -1.52. The maximum absolute atomic E-state index is 6.28. The molecule has 0 aliphatic carbocycles. The van der Waals surface area contributed by atoms with Crippen molar-refractivity contribution in [3.05, 3.63) is 46.7 Å². The number of nitrogens with one attached hydrogen (secondary N) is 1. The molecule has 0 aliphatic heterocycles. The molecule has 2 aromatic rings. The molecule has 0 bridgehead atoms. The quantitative estimate of drug-likeness (QED) is 0.915. The third kappa shape index (κ3) is 2.60. The summed E-state index contributed by atoms with van der Waals surface area (Å²) in [5, 5.41) is 8.23. The van der Waals surface area contributed by atoms with Crippen LogP contribution in [-0.2, 0) is 6.54 Å². The SMILES string of the molecule is CCn1ncc(Cl)c1C(NC)c1ccccc1OC. The predicted molar refractivity (Wildman–Crippen MR) is 76.8 cm³/mol. The Kier molecular flexibility index (Phi) is 4.45. The van der Waals surface area contributed by atoms with Crippen LogP contribution in [0.5, 0.6) is 5.75 Å². The van der Waals surface area contributed by atoms with Gasteiger partial charge in [0.05, 0.1) is 30.1 Å². The Morgan fingerprint density at radius 2 is 2.16 bits per heavy atom. The van der Waals surface area contributed by atoms with Gasteiger partial charge in [0.1, 0.15) is 5.75 Å². The molecule has 0 amide bonds. The van der Waals surface area contributed by atoms with Crippen LogP contribution >= 0.6 is 11.6 Å². The van der Waals surface area contributed by atoms with Gasteiger partial charge in [0.2, 0.25) is 0 Å². The predicted octanol–water partition coefficient (Wildman–Crippen LogP) is 2.87. The van der Waals surface area contributed by atoms with E-state index in [0.717, 1.165) is 23.6 Å². The van der Waals surface area contributed by atoms with Crippen LogP contribution in [0.25, 0.3) is 0 Å². The molecule has 19 heavy (non-hydrogen) atoms. The lowest BCUT2D eigenvalue weighted by atomic mass is 10.0. The highest BCUT2D eigenvalue weighted by atomic mass is 35.5. The molecule has 1 aromatic carbocycles. The number of rotatable bonds is 5. The Labute approximate surface area is 118 Å². The highest BCUT2D eigenvalue weighted by Crippen LogP contribution is 2.33. The van der Waals surface area contributed by atoms with E-state index in [1.807, 2.05) is 42.9 Å². The number of methoxy groups -OCH3 is 1. The summed E-state index contributed by atoms with van der Waals surface area (Å²) in [4.78, 5) is 0. The lowest BCUT2D eigenvalue weighted by Gasteiger charge is -2.20. The molecule has 1 N–H and O–H groups in total. The second-order valence-corrected chi connectivity index (χ2v) is 4.56. The minimum absolute atomic E-state index is 0.0499. The number of aromatic nitrogens is 2. The van der Waals surface area contributed by atoms with Crippen LogP contribution in [0.3, 0.4) is 0 Å². The second-order valence-electron chi connectivity index (χ2n) is 4.16. The summed E-state index contributed by atoms with van der Waals surface area (Å²) in [6.07, 6.45) is 1.68. The molecule has 102 valence electrons. The summed E-state index contributed by atoms with van der Waals surface area (Å²) in [7, 11) is 3.57. The van der Waals surface area contributed by atoms with Gasteiger partial charge in [0.25, 0.3) is 0 Å². The average molecular weight is 280 g/mol. The molecule has 4 nitrogen and oxygen atoms in total. The van der Waals surface area contributed by atoms with Crippen molar-refractivity contribution in [2.24, 2.45) is 0 Å². The van der Waals surface area contributed by atoms with Crippen molar-refractivity contribution in [1.82, 2.24) is 15.1 Å². The van der Waals surface area contributed by atoms with Crippen molar-refractivity contribution in [3.8, 4) is 5.75 Å². The van der Waals surface area contributed by atoms with Crippen LogP contribution < -0.4 is 10.1 Å². The van der Waals surface area contributed by atoms with Crippen molar-refractivity contribution in [2.45, 2.75) is 19.5 Å². The van der Waals surface area contributed by atoms with Crippen LogP contribution in [0.2, 0.25) is 5.02 Å². The van der Waals surface area contributed by atoms with E-state index in [2.05, 4.69) is 10.4 Å². The van der Waals surface area contributed by atoms with Crippen LogP contribution in [0.4, 0.5) is 0 Å². The molecule has 0 aliphatic rings. The molecule has 1 aromatic heterocycles. The smallest absolute Gasteiger partial charge is 0.124 e. The molecule has 0 spiro atoms.